The number of benzene rings is 1. The normalized spacial score (nSPS) is 35.3. The van der Waals surface area contributed by atoms with Gasteiger partial charge in [-0.05, 0) is 68.3 Å². The first-order valence-corrected chi connectivity index (χ1v) is 22.3. The minimum atomic E-state index is -1.53. The van der Waals surface area contributed by atoms with Crippen LogP contribution in [-0.4, -0.2) is 99.9 Å². The summed E-state index contributed by atoms with van der Waals surface area (Å²) in [5.74, 6) is -0.739. The van der Waals surface area contributed by atoms with E-state index in [-0.39, 0.29) is 91.5 Å². The Balaban J connectivity index is 1.23. The highest BCUT2D eigenvalue weighted by molar-refractivity contribution is 8.77. The van der Waals surface area contributed by atoms with Crippen LogP contribution in [0.15, 0.2) is 92.0 Å². The lowest BCUT2D eigenvalue weighted by molar-refractivity contribution is -0.202. The number of allylic oxidation sites excluding steroid dienone is 3. The number of hydrogen-bond donors (Lipinski definition) is 5. The Bertz CT molecular complexity index is 2320. The molecule has 3 aliphatic carbocycles. The number of nitrogens with two attached hydrogens (primary N) is 1. The zero-order valence-corrected chi connectivity index (χ0v) is 34.2. The first-order chi connectivity index (χ1) is 27.9. The molecule has 1 amide bonds. The molecule has 1 saturated heterocycles. The lowest BCUT2D eigenvalue weighted by Gasteiger charge is -2.62. The molecule has 6 N–H and O–H groups in total. The topological polar surface area (TPSA) is 194 Å². The van der Waals surface area contributed by atoms with Crippen molar-refractivity contribution in [1.82, 2.24) is 15.5 Å². The van der Waals surface area contributed by atoms with Gasteiger partial charge in [-0.2, -0.15) is 0 Å². The van der Waals surface area contributed by atoms with Gasteiger partial charge in [0.05, 0.1) is 36.9 Å². The van der Waals surface area contributed by atoms with Crippen LogP contribution in [0.4, 0.5) is 0 Å². The monoisotopic (exact) mass is 828 g/mol. The number of dihydropyridines is 1. The van der Waals surface area contributed by atoms with E-state index in [2.05, 4.69) is 10.6 Å². The first-order valence-electron chi connectivity index (χ1n) is 19.9. The maximum atomic E-state index is 14.8. The Kier molecular flexibility index (Phi) is 9.98. The van der Waals surface area contributed by atoms with E-state index in [1.54, 1.807) is 59.7 Å². The van der Waals surface area contributed by atoms with Crippen LogP contribution in [-0.2, 0) is 25.5 Å². The van der Waals surface area contributed by atoms with Gasteiger partial charge in [0.25, 0.3) is 0 Å². The summed E-state index contributed by atoms with van der Waals surface area (Å²) in [6.45, 7) is 3.16. The number of nitrogens with zero attached hydrogens (tertiary/aromatic N) is 1. The van der Waals surface area contributed by atoms with Gasteiger partial charge in [-0.25, -0.2) is 9.59 Å². The number of carbonyl (C=O) groups excluding carboxylic acids is 3. The van der Waals surface area contributed by atoms with Gasteiger partial charge in [-0.1, -0.05) is 45.4 Å². The number of nitrogens with one attached hydrogen (secondary N) is 2. The molecule has 9 rings (SSSR count). The average Bonchev–Trinajstić information content (AvgIpc) is 3.56. The van der Waals surface area contributed by atoms with Gasteiger partial charge < -0.3 is 45.4 Å². The average molecular weight is 829 g/mol. The first kappa shape index (κ1) is 39.2. The SMILES string of the molecule is C/C=C(\CCO)C(=O)O[C@]1(C)[C@@H](CO)C=C2CSS[C@@H]3C[C@@H]4C(=O)C=C[C@H]5[C@@H]([C@@H]4NC)[C@@H]3N5C(=O)CC3=C(C=C(N)NC3)[C@H]2[C@]12Cc1cc3ccc(=O)oc3cc1O2. The van der Waals surface area contributed by atoms with E-state index in [0.717, 1.165) is 22.3 Å². The van der Waals surface area contributed by atoms with Crippen molar-refractivity contribution >= 4 is 50.2 Å². The fourth-order valence-electron chi connectivity index (χ4n) is 11.0. The minimum absolute atomic E-state index is 0.00199. The fraction of sp³-hybridized carbons (Fsp3) is 0.488. The van der Waals surface area contributed by atoms with Crippen LogP contribution in [0.5, 0.6) is 5.75 Å². The number of aliphatic hydroxyl groups is 2. The molecule has 0 unspecified atom stereocenters. The molecule has 306 valence electrons. The summed E-state index contributed by atoms with van der Waals surface area (Å²) in [5.41, 5.74) is 7.05. The summed E-state index contributed by atoms with van der Waals surface area (Å²) >= 11 is 0. The van der Waals surface area contributed by atoms with E-state index in [1.807, 2.05) is 36.2 Å². The third-order valence-electron chi connectivity index (χ3n) is 13.7. The molecule has 7 aliphatic rings. The molecule has 1 aromatic heterocycles. The van der Waals surface area contributed by atoms with E-state index in [0.29, 0.717) is 34.7 Å². The number of rotatable bonds is 6. The van der Waals surface area contributed by atoms with Gasteiger partial charge in [0.1, 0.15) is 11.3 Å². The van der Waals surface area contributed by atoms with Gasteiger partial charge in [0, 0.05) is 83.9 Å². The number of amides is 1. The Morgan fingerprint density at radius 3 is 2.81 bits per heavy atom. The molecule has 2 fully saturated rings. The van der Waals surface area contributed by atoms with Crippen LogP contribution < -0.4 is 26.7 Å². The fourth-order valence-corrected chi connectivity index (χ4v) is 14.1. The number of esters is 1. The van der Waals surface area contributed by atoms with Crippen LogP contribution in [0.3, 0.4) is 0 Å². The predicted molar refractivity (Wildman–Crippen MR) is 220 cm³/mol. The van der Waals surface area contributed by atoms with Crippen molar-refractivity contribution in [1.29, 1.82) is 0 Å². The molecule has 2 aromatic rings. The van der Waals surface area contributed by atoms with E-state index in [9.17, 15) is 29.4 Å². The summed E-state index contributed by atoms with van der Waals surface area (Å²) < 4.78 is 19.5. The van der Waals surface area contributed by atoms with Crippen LogP contribution in [0, 0.1) is 23.7 Å². The van der Waals surface area contributed by atoms with Crippen molar-refractivity contribution < 1.29 is 38.5 Å². The number of aliphatic hydroxyl groups excluding tert-OH is 2. The largest absolute Gasteiger partial charge is 0.481 e. The van der Waals surface area contributed by atoms with E-state index in [4.69, 9.17) is 19.6 Å². The van der Waals surface area contributed by atoms with E-state index >= 15 is 0 Å². The molecule has 15 heteroatoms. The molecule has 0 radical (unpaired) electrons. The van der Waals surface area contributed by atoms with Gasteiger partial charge >= 0.3 is 11.6 Å². The highest BCUT2D eigenvalue weighted by Crippen LogP contribution is 2.60. The number of ketones is 1. The van der Waals surface area contributed by atoms with Crippen LogP contribution >= 0.6 is 21.6 Å². The summed E-state index contributed by atoms with van der Waals surface area (Å²) in [6, 6.07) is 6.36. The molecule has 13 nitrogen and oxygen atoms in total. The summed E-state index contributed by atoms with van der Waals surface area (Å²) in [7, 11) is 5.26. The standard InChI is InChI=1S/C43H48N4O9S2/c1-4-21(9-10-48)41(53)56-42(2)26(19-49)12-25-20-57-58-33-14-28-30(50)7-6-29-37(39(28)45-3)40(33)47(29)35(51)13-24-18-46-34(44)15-27(24)38(25)43(42)17-23-11-22-5-8-36(52)54-31(22)16-32(23)55-43/h4-8,11-12,15-16,26,28-29,33,37-40,45-46,48-49H,9-10,13-14,17-20,44H2,1-3H3/b21-4+/t26-,28-,29+,33-,37+,38+,39-,40-,42-,43-/m1/s1. The second-order valence-electron chi connectivity index (χ2n) is 16.5. The van der Waals surface area contributed by atoms with Crippen molar-refractivity contribution in [3.05, 3.63) is 98.7 Å². The van der Waals surface area contributed by atoms with Crippen LogP contribution in [0.1, 0.15) is 38.7 Å². The third-order valence-corrected chi connectivity index (χ3v) is 16.6. The van der Waals surface area contributed by atoms with Gasteiger partial charge in [0.2, 0.25) is 5.91 Å². The van der Waals surface area contributed by atoms with E-state index < -0.39 is 34.6 Å². The maximum Gasteiger partial charge on any atom is 0.336 e. The Labute approximate surface area is 343 Å². The van der Waals surface area contributed by atoms with E-state index in [1.165, 1.54) is 6.07 Å². The molecule has 1 spiro atoms. The van der Waals surface area contributed by atoms with Gasteiger partial charge in [0.15, 0.2) is 17.0 Å². The maximum absolute atomic E-state index is 14.8. The highest BCUT2D eigenvalue weighted by Gasteiger charge is 2.68. The molecule has 1 aromatic carbocycles. The molecular formula is C43H48N4O9S2. The lowest BCUT2D eigenvalue weighted by atomic mass is 9.57. The zero-order chi connectivity index (χ0) is 40.7. The Morgan fingerprint density at radius 1 is 1.22 bits per heavy atom. The number of carbonyl (C=O) groups is 3. The number of fused-ring (bicyclic) bond motifs is 7. The summed E-state index contributed by atoms with van der Waals surface area (Å²) in [4.78, 5) is 56.8. The highest BCUT2D eigenvalue weighted by atomic mass is 33.1. The molecule has 58 heavy (non-hydrogen) atoms. The van der Waals surface area contributed by atoms with Gasteiger partial charge in [-0.15, -0.1) is 0 Å². The summed E-state index contributed by atoms with van der Waals surface area (Å²) in [5, 5.41) is 28.5. The van der Waals surface area contributed by atoms with Crippen LogP contribution in [0.2, 0.25) is 0 Å². The minimum Gasteiger partial charge on any atom is -0.481 e. The predicted octanol–water partition coefficient (Wildman–Crippen LogP) is 3.06. The van der Waals surface area contributed by atoms with Crippen molar-refractivity contribution in [3.8, 4) is 5.75 Å². The molecule has 10 atom stereocenters. The molecule has 5 heterocycles. The van der Waals surface area contributed by atoms with Crippen molar-refractivity contribution in [2.24, 2.45) is 29.4 Å². The summed E-state index contributed by atoms with van der Waals surface area (Å²) in [6.07, 6.45) is 10.1. The lowest BCUT2D eigenvalue weighted by Crippen LogP contribution is -2.75. The Morgan fingerprint density at radius 2 is 2.05 bits per heavy atom. The second kappa shape index (κ2) is 14.8. The van der Waals surface area contributed by atoms with Crippen molar-refractivity contribution in [3.63, 3.8) is 0 Å². The Hall–Kier alpha value is -4.28. The quantitative estimate of drug-likeness (QED) is 0.0938. The molecule has 1 saturated carbocycles. The van der Waals surface area contributed by atoms with Crippen molar-refractivity contribution in [2.75, 3.05) is 32.6 Å². The molecular weight excluding hydrogens is 781 g/mol. The number of ether oxygens (including phenoxy) is 2. The van der Waals surface area contributed by atoms with Crippen LogP contribution in [0.25, 0.3) is 11.0 Å². The smallest absolute Gasteiger partial charge is 0.336 e. The van der Waals surface area contributed by atoms with Crippen molar-refractivity contribution in [2.45, 2.75) is 74.1 Å². The third kappa shape index (κ3) is 5.94. The number of hydrogen-bond acceptors (Lipinski definition) is 14. The molecule has 4 aliphatic heterocycles. The zero-order valence-electron chi connectivity index (χ0n) is 32.6. The van der Waals surface area contributed by atoms with Gasteiger partial charge in [-0.3, -0.25) is 9.59 Å². The second-order valence-corrected chi connectivity index (χ2v) is 19.1. The molecule has 2 bridgehead atoms.